The lowest BCUT2D eigenvalue weighted by Crippen LogP contribution is -2.12. The van der Waals surface area contributed by atoms with E-state index in [0.717, 1.165) is 29.4 Å². The molecule has 0 bridgehead atoms. The maximum Gasteiger partial charge on any atom is 0.0438 e. The second kappa shape index (κ2) is 5.98. The van der Waals surface area contributed by atoms with Crippen molar-refractivity contribution in [2.75, 3.05) is 0 Å². The van der Waals surface area contributed by atoms with Crippen LogP contribution in [0.5, 0.6) is 0 Å². The molecule has 2 nitrogen and oxygen atoms in total. The summed E-state index contributed by atoms with van der Waals surface area (Å²) in [4.78, 5) is 4.27. The van der Waals surface area contributed by atoms with Crippen LogP contribution in [-0.4, -0.2) is 4.98 Å². The van der Waals surface area contributed by atoms with Crippen molar-refractivity contribution in [2.45, 2.75) is 26.9 Å². The van der Waals surface area contributed by atoms with Gasteiger partial charge in [-0.25, -0.2) is 0 Å². The molecule has 0 amide bonds. The summed E-state index contributed by atoms with van der Waals surface area (Å²) >= 11 is 6.09. The minimum Gasteiger partial charge on any atom is -0.309 e. The maximum absolute atomic E-state index is 6.09. The van der Waals surface area contributed by atoms with Gasteiger partial charge in [0.05, 0.1) is 0 Å². The average Bonchev–Trinajstić information content (AvgIpc) is 2.36. The molecule has 0 radical (unpaired) electrons. The van der Waals surface area contributed by atoms with Crippen molar-refractivity contribution in [1.29, 1.82) is 0 Å². The summed E-state index contributed by atoms with van der Waals surface area (Å²) in [7, 11) is 0. The molecular formula is C15H17ClN2. The SMILES string of the molecule is Cc1ccc(CNCc2ccc(C)c(Cl)c2)cn1. The summed E-state index contributed by atoms with van der Waals surface area (Å²) in [6.45, 7) is 5.63. The van der Waals surface area contributed by atoms with Crippen LogP contribution in [0.3, 0.4) is 0 Å². The van der Waals surface area contributed by atoms with Crippen molar-refractivity contribution in [2.24, 2.45) is 0 Å². The number of rotatable bonds is 4. The highest BCUT2D eigenvalue weighted by molar-refractivity contribution is 6.31. The summed E-state index contributed by atoms with van der Waals surface area (Å²) in [5.74, 6) is 0. The summed E-state index contributed by atoms with van der Waals surface area (Å²) in [5.41, 5.74) is 4.55. The number of hydrogen-bond acceptors (Lipinski definition) is 2. The first-order valence-corrected chi connectivity index (χ1v) is 6.40. The van der Waals surface area contributed by atoms with E-state index >= 15 is 0 Å². The molecule has 0 aliphatic carbocycles. The predicted octanol–water partition coefficient (Wildman–Crippen LogP) is 3.64. The van der Waals surface area contributed by atoms with Gasteiger partial charge >= 0.3 is 0 Å². The zero-order valence-electron chi connectivity index (χ0n) is 10.7. The van der Waals surface area contributed by atoms with E-state index < -0.39 is 0 Å². The lowest BCUT2D eigenvalue weighted by Gasteiger charge is -2.06. The summed E-state index contributed by atoms with van der Waals surface area (Å²) < 4.78 is 0. The molecule has 1 aromatic carbocycles. The Morgan fingerprint density at radius 3 is 2.44 bits per heavy atom. The van der Waals surface area contributed by atoms with E-state index in [1.165, 1.54) is 11.1 Å². The van der Waals surface area contributed by atoms with Gasteiger partial charge in [0.1, 0.15) is 0 Å². The largest absolute Gasteiger partial charge is 0.309 e. The minimum atomic E-state index is 0.813. The van der Waals surface area contributed by atoms with Crippen LogP contribution < -0.4 is 5.32 Å². The topological polar surface area (TPSA) is 24.9 Å². The fourth-order valence-corrected chi connectivity index (χ4v) is 1.90. The van der Waals surface area contributed by atoms with Crippen LogP contribution >= 0.6 is 11.6 Å². The van der Waals surface area contributed by atoms with Gasteiger partial charge in [0.2, 0.25) is 0 Å². The molecule has 1 aromatic heterocycles. The molecule has 0 aliphatic rings. The van der Waals surface area contributed by atoms with Crippen molar-refractivity contribution in [1.82, 2.24) is 10.3 Å². The van der Waals surface area contributed by atoms with Gasteiger partial charge in [-0.1, -0.05) is 29.8 Å². The number of pyridine rings is 1. The Bertz CT molecular complexity index is 521. The first-order chi connectivity index (χ1) is 8.65. The molecular weight excluding hydrogens is 244 g/mol. The average molecular weight is 261 g/mol. The molecule has 0 saturated carbocycles. The molecule has 0 fully saturated rings. The number of nitrogens with one attached hydrogen (secondary N) is 1. The number of benzene rings is 1. The molecule has 3 heteroatoms. The Morgan fingerprint density at radius 1 is 1.06 bits per heavy atom. The highest BCUT2D eigenvalue weighted by Crippen LogP contribution is 2.16. The van der Waals surface area contributed by atoms with E-state index in [1.807, 2.05) is 38.2 Å². The highest BCUT2D eigenvalue weighted by Gasteiger charge is 1.98. The van der Waals surface area contributed by atoms with Crippen LogP contribution in [0.4, 0.5) is 0 Å². The number of halogens is 1. The van der Waals surface area contributed by atoms with Crippen molar-refractivity contribution in [3.8, 4) is 0 Å². The van der Waals surface area contributed by atoms with Crippen molar-refractivity contribution >= 4 is 11.6 Å². The van der Waals surface area contributed by atoms with Crippen LogP contribution in [-0.2, 0) is 13.1 Å². The zero-order valence-corrected chi connectivity index (χ0v) is 11.5. The van der Waals surface area contributed by atoms with Gasteiger partial charge < -0.3 is 5.32 Å². The zero-order chi connectivity index (χ0) is 13.0. The second-order valence-electron chi connectivity index (χ2n) is 4.49. The Morgan fingerprint density at radius 2 is 1.78 bits per heavy atom. The number of aromatic nitrogens is 1. The predicted molar refractivity (Wildman–Crippen MR) is 75.7 cm³/mol. The van der Waals surface area contributed by atoms with E-state index in [2.05, 4.69) is 22.4 Å². The first-order valence-electron chi connectivity index (χ1n) is 6.02. The first kappa shape index (κ1) is 13.1. The summed E-state index contributed by atoms with van der Waals surface area (Å²) in [6.07, 6.45) is 1.91. The van der Waals surface area contributed by atoms with Crippen molar-refractivity contribution in [3.63, 3.8) is 0 Å². The van der Waals surface area contributed by atoms with Crippen LogP contribution in [0.1, 0.15) is 22.4 Å². The normalized spacial score (nSPS) is 10.6. The lowest BCUT2D eigenvalue weighted by molar-refractivity contribution is 0.691. The van der Waals surface area contributed by atoms with Crippen molar-refractivity contribution in [3.05, 3.63) is 63.9 Å². The van der Waals surface area contributed by atoms with Crippen LogP contribution in [0.25, 0.3) is 0 Å². The molecule has 18 heavy (non-hydrogen) atoms. The Hall–Kier alpha value is -1.38. The summed E-state index contributed by atoms with van der Waals surface area (Å²) in [6, 6.07) is 10.3. The van der Waals surface area contributed by atoms with E-state index in [9.17, 15) is 0 Å². The second-order valence-corrected chi connectivity index (χ2v) is 4.90. The Labute approximate surface area is 113 Å². The minimum absolute atomic E-state index is 0.813. The number of nitrogens with zero attached hydrogens (tertiary/aromatic N) is 1. The molecule has 0 unspecified atom stereocenters. The summed E-state index contributed by atoms with van der Waals surface area (Å²) in [5, 5.41) is 4.21. The molecule has 94 valence electrons. The Balaban J connectivity index is 1.88. The van der Waals surface area contributed by atoms with Gasteiger partial charge in [-0.05, 0) is 42.7 Å². The van der Waals surface area contributed by atoms with Crippen LogP contribution in [0.15, 0.2) is 36.5 Å². The van der Waals surface area contributed by atoms with Gasteiger partial charge in [-0.15, -0.1) is 0 Å². The van der Waals surface area contributed by atoms with E-state index in [-0.39, 0.29) is 0 Å². The van der Waals surface area contributed by atoms with Gasteiger partial charge in [-0.3, -0.25) is 4.98 Å². The van der Waals surface area contributed by atoms with Crippen LogP contribution in [0, 0.1) is 13.8 Å². The quantitative estimate of drug-likeness (QED) is 0.908. The number of aryl methyl sites for hydroxylation is 2. The maximum atomic E-state index is 6.09. The number of hydrogen-bond donors (Lipinski definition) is 1. The highest BCUT2D eigenvalue weighted by atomic mass is 35.5. The van der Waals surface area contributed by atoms with E-state index in [4.69, 9.17) is 11.6 Å². The van der Waals surface area contributed by atoms with Gasteiger partial charge in [0, 0.05) is 30.0 Å². The fourth-order valence-electron chi connectivity index (χ4n) is 1.70. The molecule has 0 atom stereocenters. The molecule has 1 heterocycles. The van der Waals surface area contributed by atoms with Gasteiger partial charge in [0.25, 0.3) is 0 Å². The smallest absolute Gasteiger partial charge is 0.0438 e. The molecule has 1 N–H and O–H groups in total. The van der Waals surface area contributed by atoms with E-state index in [0.29, 0.717) is 0 Å². The Kier molecular flexibility index (Phi) is 4.34. The lowest BCUT2D eigenvalue weighted by atomic mass is 10.1. The fraction of sp³-hybridized carbons (Fsp3) is 0.267. The molecule has 2 rings (SSSR count). The van der Waals surface area contributed by atoms with E-state index in [1.54, 1.807) is 0 Å². The third-order valence-electron chi connectivity index (χ3n) is 2.87. The standard InChI is InChI=1S/C15H17ClN2/c1-11-3-5-13(7-15(11)16)8-17-9-14-6-4-12(2)18-10-14/h3-7,10,17H,8-9H2,1-2H3. The van der Waals surface area contributed by atoms with Gasteiger partial charge in [-0.2, -0.15) is 0 Å². The third-order valence-corrected chi connectivity index (χ3v) is 3.27. The molecule has 2 aromatic rings. The molecule has 0 saturated heterocycles. The van der Waals surface area contributed by atoms with Crippen LogP contribution in [0.2, 0.25) is 5.02 Å². The third kappa shape index (κ3) is 3.56. The molecule has 0 aliphatic heterocycles. The van der Waals surface area contributed by atoms with Gasteiger partial charge in [0.15, 0.2) is 0 Å². The monoisotopic (exact) mass is 260 g/mol. The molecule has 0 spiro atoms. The van der Waals surface area contributed by atoms with Crippen molar-refractivity contribution < 1.29 is 0 Å².